The Balaban J connectivity index is 1.13. The Kier molecular flexibility index (Phi) is 9.33. The summed E-state index contributed by atoms with van der Waals surface area (Å²) in [7, 11) is -2.91. The lowest BCUT2D eigenvalue weighted by Crippen LogP contribution is -2.76. The molecular weight excluding hydrogens is 779 g/mol. The van der Waals surface area contributed by atoms with Crippen LogP contribution in [-0.2, 0) is 11.8 Å². The summed E-state index contributed by atoms with van der Waals surface area (Å²) in [5.41, 5.74) is 13.6. The molecule has 11 rings (SSSR count). The van der Waals surface area contributed by atoms with Gasteiger partial charge in [-0.05, 0) is 158 Å². The molecule has 9 aromatic carbocycles. The first-order valence-electron chi connectivity index (χ1n) is 22.7. The van der Waals surface area contributed by atoms with Gasteiger partial charge in [-0.3, -0.25) is 0 Å². The Morgan fingerprint density at radius 3 is 1.92 bits per heavy atom. The second kappa shape index (κ2) is 15.0. The van der Waals surface area contributed by atoms with Gasteiger partial charge in [0.1, 0.15) is 11.5 Å². The van der Waals surface area contributed by atoms with Gasteiger partial charge < -0.3 is 9.64 Å². The van der Waals surface area contributed by atoms with Gasteiger partial charge in [0.2, 0.25) is 0 Å². The number of anilines is 3. The third-order valence-electron chi connectivity index (χ3n) is 14.3. The van der Waals surface area contributed by atoms with E-state index in [1.54, 1.807) is 0 Å². The lowest BCUT2D eigenvalue weighted by molar-refractivity contribution is 0.493. The summed E-state index contributed by atoms with van der Waals surface area (Å²) in [5.74, 6) is 1.95. The first kappa shape index (κ1) is 39.2. The third-order valence-corrected chi connectivity index (χ3v) is 19.1. The maximum absolute atomic E-state index is 7.39. The van der Waals surface area contributed by atoms with Gasteiger partial charge >= 0.3 is 0 Å². The number of nitrogens with zero attached hydrogens (tertiary/aromatic N) is 1. The lowest BCUT2D eigenvalue weighted by Gasteiger charge is -2.42. The summed E-state index contributed by atoms with van der Waals surface area (Å²) in [6.45, 7) is 13.7. The highest BCUT2D eigenvalue weighted by atomic mass is 28.3. The van der Waals surface area contributed by atoms with Gasteiger partial charge in [0, 0.05) is 16.5 Å². The van der Waals surface area contributed by atoms with Crippen LogP contribution in [0.2, 0.25) is 0 Å². The summed E-state index contributed by atoms with van der Waals surface area (Å²) in [5, 5.41) is 10.3. The molecule has 1 unspecified atom stereocenters. The number of benzene rings is 9. The zero-order valence-corrected chi connectivity index (χ0v) is 38.2. The molecule has 9 aromatic rings. The average molecular weight is 832 g/mol. The zero-order chi connectivity index (χ0) is 43.0. The highest BCUT2D eigenvalue weighted by molar-refractivity contribution is 7.21. The number of hydrogen-bond acceptors (Lipinski definition) is 2. The fraction of sp³-hybridized carbons (Fsp3) is 0.167. The van der Waals surface area contributed by atoms with Gasteiger partial charge in [0.15, 0.2) is 8.07 Å². The summed E-state index contributed by atoms with van der Waals surface area (Å²) in [4.78, 5) is 2.46. The molecule has 2 heterocycles. The number of ether oxygens (including phenoxy) is 1. The van der Waals surface area contributed by atoms with Crippen molar-refractivity contribution in [3.8, 4) is 22.6 Å². The second-order valence-corrected chi connectivity index (χ2v) is 22.3. The van der Waals surface area contributed by atoms with Gasteiger partial charge in [0.25, 0.3) is 0 Å². The molecule has 2 aliphatic heterocycles. The Morgan fingerprint density at radius 2 is 1.17 bits per heavy atom. The van der Waals surface area contributed by atoms with Crippen LogP contribution in [-0.4, -0.2) is 8.07 Å². The van der Waals surface area contributed by atoms with Crippen molar-refractivity contribution in [1.29, 1.82) is 0 Å². The van der Waals surface area contributed by atoms with Crippen molar-refractivity contribution in [2.24, 2.45) is 0 Å². The predicted molar refractivity (Wildman–Crippen MR) is 270 cm³/mol. The summed E-state index contributed by atoms with van der Waals surface area (Å²) < 4.78 is 7.39. The highest BCUT2D eigenvalue weighted by Crippen LogP contribution is 2.53. The van der Waals surface area contributed by atoms with Crippen LogP contribution >= 0.6 is 0 Å². The maximum atomic E-state index is 7.39. The second-order valence-electron chi connectivity index (χ2n) is 18.6. The van der Waals surface area contributed by atoms with Crippen LogP contribution in [0.25, 0.3) is 32.7 Å². The molecule has 0 radical (unpaired) electrons. The van der Waals surface area contributed by atoms with Crippen LogP contribution in [0.3, 0.4) is 0 Å². The molecule has 0 aromatic heterocycles. The zero-order valence-electron chi connectivity index (χ0n) is 37.2. The van der Waals surface area contributed by atoms with E-state index in [0.717, 1.165) is 29.2 Å². The number of hydrogen-bond donors (Lipinski definition) is 0. The van der Waals surface area contributed by atoms with Gasteiger partial charge in [-0.1, -0.05) is 160 Å². The van der Waals surface area contributed by atoms with E-state index in [1.807, 2.05) is 0 Å². The van der Waals surface area contributed by atoms with Crippen molar-refractivity contribution in [1.82, 2.24) is 0 Å². The molecule has 0 N–H and O–H groups in total. The van der Waals surface area contributed by atoms with E-state index >= 15 is 0 Å². The minimum Gasteiger partial charge on any atom is -0.457 e. The van der Waals surface area contributed by atoms with Crippen molar-refractivity contribution in [3.05, 3.63) is 209 Å². The third kappa shape index (κ3) is 6.20. The Bertz CT molecular complexity index is 3240. The SMILES string of the molecule is CCCCc1ccc([Si]2(c3ccc(C)cc3)c3ccc(-c4ccc5c(c4)C(C)(C)c4cc6ccccc6cc4N5c4ccccc4)cc3Oc3c2ccc2cc(C)c(C)cc32)cc1. The molecule has 0 amide bonds. The van der Waals surface area contributed by atoms with E-state index in [2.05, 4.69) is 222 Å². The first-order chi connectivity index (χ1) is 30.6. The molecule has 0 aliphatic carbocycles. The van der Waals surface area contributed by atoms with E-state index < -0.39 is 8.07 Å². The molecule has 308 valence electrons. The fourth-order valence-corrected chi connectivity index (χ4v) is 15.6. The maximum Gasteiger partial charge on any atom is 0.188 e. The summed E-state index contributed by atoms with van der Waals surface area (Å²) >= 11 is 0. The monoisotopic (exact) mass is 831 g/mol. The number of aryl methyl sites for hydroxylation is 4. The van der Waals surface area contributed by atoms with E-state index in [0.29, 0.717) is 0 Å². The van der Waals surface area contributed by atoms with Crippen LogP contribution in [0.15, 0.2) is 176 Å². The Morgan fingerprint density at radius 1 is 0.540 bits per heavy atom. The van der Waals surface area contributed by atoms with Gasteiger partial charge in [-0.2, -0.15) is 0 Å². The van der Waals surface area contributed by atoms with Crippen LogP contribution < -0.4 is 30.4 Å². The van der Waals surface area contributed by atoms with Gasteiger partial charge in [0.05, 0.1) is 11.4 Å². The van der Waals surface area contributed by atoms with Crippen molar-refractivity contribution in [3.63, 3.8) is 0 Å². The Labute approximate surface area is 373 Å². The quantitative estimate of drug-likeness (QED) is 0.148. The molecule has 0 saturated heterocycles. The van der Waals surface area contributed by atoms with Crippen molar-refractivity contribution in [2.75, 3.05) is 4.90 Å². The van der Waals surface area contributed by atoms with E-state index in [9.17, 15) is 0 Å². The number of unbranched alkanes of at least 4 members (excludes halogenated alkanes) is 1. The normalized spacial score (nSPS) is 15.9. The number of para-hydroxylation sites is 1. The molecule has 3 heteroatoms. The van der Waals surface area contributed by atoms with Gasteiger partial charge in [-0.25, -0.2) is 0 Å². The van der Waals surface area contributed by atoms with Gasteiger partial charge in [-0.15, -0.1) is 0 Å². The largest absolute Gasteiger partial charge is 0.457 e. The molecule has 0 fully saturated rings. The first-order valence-corrected chi connectivity index (χ1v) is 24.7. The predicted octanol–water partition coefficient (Wildman–Crippen LogP) is 13.5. The van der Waals surface area contributed by atoms with Crippen molar-refractivity contribution >= 4 is 67.4 Å². The van der Waals surface area contributed by atoms with Crippen LogP contribution in [0.4, 0.5) is 17.1 Å². The molecule has 0 spiro atoms. The van der Waals surface area contributed by atoms with E-state index in [1.165, 1.54) is 105 Å². The molecule has 2 aliphatic rings. The smallest absolute Gasteiger partial charge is 0.188 e. The molecule has 0 saturated carbocycles. The summed E-state index contributed by atoms with van der Waals surface area (Å²) in [6.07, 6.45) is 3.48. The van der Waals surface area contributed by atoms with E-state index in [4.69, 9.17) is 4.74 Å². The van der Waals surface area contributed by atoms with E-state index in [-0.39, 0.29) is 5.41 Å². The van der Waals surface area contributed by atoms with Crippen molar-refractivity contribution < 1.29 is 4.74 Å². The molecule has 1 atom stereocenters. The minimum atomic E-state index is -2.91. The summed E-state index contributed by atoms with van der Waals surface area (Å²) in [6, 6.07) is 67.1. The lowest BCUT2D eigenvalue weighted by atomic mass is 9.72. The number of rotatable bonds is 7. The minimum absolute atomic E-state index is 0.259. The Hall–Kier alpha value is -6.68. The van der Waals surface area contributed by atoms with Crippen LogP contribution in [0.1, 0.15) is 67.0 Å². The molecule has 2 nitrogen and oxygen atoms in total. The standard InChI is InChI=1S/C60H53NOSi/c1-7-8-14-42-21-28-50(29-22-42)63(49-26-19-39(2)20-27-49)57-31-24-46(38-56(57)62-59-51-34-41(4)40(3)33-47(51)25-32-58(59)63)45-23-30-54-52(36-45)60(5,6)53-35-43-15-12-13-16-44(43)37-55(53)61(54)48-17-10-9-11-18-48/h9-13,15-38H,7-8,14H2,1-6H3. The molecule has 63 heavy (non-hydrogen) atoms. The van der Waals surface area contributed by atoms with Crippen LogP contribution in [0.5, 0.6) is 11.5 Å². The number of fused-ring (bicyclic) bond motifs is 7. The molecular formula is C60H53NOSi. The fourth-order valence-electron chi connectivity index (χ4n) is 10.7. The highest BCUT2D eigenvalue weighted by Gasteiger charge is 2.49. The molecule has 0 bridgehead atoms. The topological polar surface area (TPSA) is 12.5 Å². The van der Waals surface area contributed by atoms with Crippen molar-refractivity contribution in [2.45, 2.75) is 66.2 Å². The van der Waals surface area contributed by atoms with Crippen LogP contribution in [0, 0.1) is 20.8 Å². The average Bonchev–Trinajstić information content (AvgIpc) is 3.31.